The van der Waals surface area contributed by atoms with Crippen LogP contribution in [0.3, 0.4) is 0 Å². The second kappa shape index (κ2) is 6.94. The maximum Gasteiger partial charge on any atom is 0.166 e. The summed E-state index contributed by atoms with van der Waals surface area (Å²) in [7, 11) is 0. The third-order valence-corrected chi connectivity index (χ3v) is 4.62. The van der Waals surface area contributed by atoms with Crippen molar-refractivity contribution in [2.75, 3.05) is 0 Å². The molecule has 0 aromatic heterocycles. The zero-order chi connectivity index (χ0) is 16.2. The smallest absolute Gasteiger partial charge is 0.166 e. The number of rotatable bonds is 2. The third-order valence-electron chi connectivity index (χ3n) is 3.50. The van der Waals surface area contributed by atoms with E-state index in [1.165, 1.54) is 17.3 Å². The fraction of sp³-hybridized carbons (Fsp3) is 0.0526. The Morgan fingerprint density at radius 1 is 0.957 bits per heavy atom. The number of nitrogens with two attached hydrogens (primary N) is 1. The van der Waals surface area contributed by atoms with Gasteiger partial charge in [-0.15, -0.1) is 0 Å². The predicted octanol–water partition coefficient (Wildman–Crippen LogP) is 4.93. The van der Waals surface area contributed by atoms with Crippen molar-refractivity contribution in [3.05, 3.63) is 77.9 Å². The molecule has 4 heteroatoms. The van der Waals surface area contributed by atoms with Crippen molar-refractivity contribution < 1.29 is 0 Å². The fourth-order valence-corrected chi connectivity index (χ4v) is 3.34. The van der Waals surface area contributed by atoms with Crippen molar-refractivity contribution in [3.8, 4) is 0 Å². The van der Waals surface area contributed by atoms with Crippen molar-refractivity contribution in [1.82, 2.24) is 0 Å². The first-order valence-corrected chi connectivity index (χ1v) is 8.47. The van der Waals surface area contributed by atoms with Crippen molar-refractivity contribution in [2.24, 2.45) is 10.7 Å². The van der Waals surface area contributed by atoms with Gasteiger partial charge >= 0.3 is 0 Å². The summed E-state index contributed by atoms with van der Waals surface area (Å²) in [5.41, 5.74) is 8.32. The van der Waals surface area contributed by atoms with Gasteiger partial charge in [0.25, 0.3) is 0 Å². The number of thioether (sulfide) groups is 1. The Labute approximate surface area is 145 Å². The standard InChI is InChI=1S/C19H16N2S2/c1-13-9-11-15(12-10-13)23-19(22)21-18(20)17-8-4-6-14-5-2-3-7-16(14)17/h2-12H,1H3,(H2,20,21,22). The third kappa shape index (κ3) is 3.78. The maximum absolute atomic E-state index is 6.19. The molecule has 0 unspecified atom stereocenters. The van der Waals surface area contributed by atoms with Gasteiger partial charge in [-0.2, -0.15) is 0 Å². The Hall–Kier alpha value is -2.17. The van der Waals surface area contributed by atoms with Gasteiger partial charge in [0.1, 0.15) is 5.84 Å². The topological polar surface area (TPSA) is 38.4 Å². The van der Waals surface area contributed by atoms with E-state index >= 15 is 0 Å². The molecule has 3 aromatic carbocycles. The molecule has 23 heavy (non-hydrogen) atoms. The zero-order valence-corrected chi connectivity index (χ0v) is 14.3. The number of aliphatic imine (C=N–C) groups is 1. The summed E-state index contributed by atoms with van der Waals surface area (Å²) in [5.74, 6) is 0.450. The van der Waals surface area contributed by atoms with Gasteiger partial charge in [0.05, 0.1) is 0 Å². The Balaban J connectivity index is 1.86. The molecule has 3 aromatic rings. The molecule has 3 rings (SSSR count). The summed E-state index contributed by atoms with van der Waals surface area (Å²) >= 11 is 6.81. The highest BCUT2D eigenvalue weighted by atomic mass is 32.2. The number of hydrogen-bond donors (Lipinski definition) is 1. The molecule has 0 saturated carbocycles. The van der Waals surface area contributed by atoms with E-state index in [4.69, 9.17) is 18.0 Å². The van der Waals surface area contributed by atoms with E-state index in [0.29, 0.717) is 10.2 Å². The van der Waals surface area contributed by atoms with Crippen LogP contribution in [-0.4, -0.2) is 10.2 Å². The lowest BCUT2D eigenvalue weighted by molar-refractivity contribution is 1.38. The lowest BCUT2D eigenvalue weighted by Crippen LogP contribution is -2.15. The van der Waals surface area contributed by atoms with E-state index in [9.17, 15) is 0 Å². The molecule has 2 N–H and O–H groups in total. The molecule has 0 aliphatic rings. The predicted molar refractivity (Wildman–Crippen MR) is 104 cm³/mol. The number of nitrogens with zero attached hydrogens (tertiary/aromatic N) is 1. The summed E-state index contributed by atoms with van der Waals surface area (Å²) in [4.78, 5) is 5.47. The number of fused-ring (bicyclic) bond motifs is 1. The molecule has 2 nitrogen and oxygen atoms in total. The van der Waals surface area contributed by atoms with Crippen LogP contribution in [0.4, 0.5) is 0 Å². The molecular formula is C19H16N2S2. The molecule has 114 valence electrons. The molecule has 0 radical (unpaired) electrons. The second-order valence-corrected chi connectivity index (χ2v) is 6.91. The molecule has 0 aliphatic carbocycles. The molecule has 0 saturated heterocycles. The molecule has 0 fully saturated rings. The maximum atomic E-state index is 6.19. The number of thiocarbonyl (C=S) groups is 1. The quantitative estimate of drug-likeness (QED) is 0.312. The van der Waals surface area contributed by atoms with Crippen LogP contribution >= 0.6 is 24.0 Å². The van der Waals surface area contributed by atoms with Gasteiger partial charge in [0.15, 0.2) is 4.32 Å². The van der Waals surface area contributed by atoms with E-state index in [-0.39, 0.29) is 0 Å². The average Bonchev–Trinajstić information content (AvgIpc) is 2.56. The van der Waals surface area contributed by atoms with E-state index in [1.807, 2.05) is 42.5 Å². The highest BCUT2D eigenvalue weighted by Crippen LogP contribution is 2.22. The van der Waals surface area contributed by atoms with Gasteiger partial charge in [0.2, 0.25) is 0 Å². The SMILES string of the molecule is Cc1ccc(SC(=S)N=C(N)c2cccc3ccccc23)cc1. The number of hydrogen-bond acceptors (Lipinski definition) is 2. The minimum atomic E-state index is 0.450. The minimum Gasteiger partial charge on any atom is -0.383 e. The monoisotopic (exact) mass is 336 g/mol. The van der Waals surface area contributed by atoms with Gasteiger partial charge < -0.3 is 5.73 Å². The van der Waals surface area contributed by atoms with Crippen LogP contribution in [0.25, 0.3) is 10.8 Å². The Kier molecular flexibility index (Phi) is 4.74. The first-order chi connectivity index (χ1) is 11.1. The van der Waals surface area contributed by atoms with Crippen LogP contribution in [0.1, 0.15) is 11.1 Å². The first kappa shape index (κ1) is 15.7. The molecule has 0 aliphatic heterocycles. The highest BCUT2D eigenvalue weighted by Gasteiger charge is 2.06. The Bertz CT molecular complexity index is 878. The molecule has 0 spiro atoms. The van der Waals surface area contributed by atoms with Crippen molar-refractivity contribution in [1.29, 1.82) is 0 Å². The minimum absolute atomic E-state index is 0.450. The lowest BCUT2D eigenvalue weighted by atomic mass is 10.0. The normalized spacial score (nSPS) is 11.6. The summed E-state index contributed by atoms with van der Waals surface area (Å²) in [6.45, 7) is 2.06. The van der Waals surface area contributed by atoms with Crippen LogP contribution in [0, 0.1) is 6.92 Å². The van der Waals surface area contributed by atoms with E-state index < -0.39 is 0 Å². The molecular weight excluding hydrogens is 320 g/mol. The number of amidine groups is 1. The Morgan fingerprint density at radius 3 is 2.43 bits per heavy atom. The van der Waals surface area contributed by atoms with Gasteiger partial charge in [-0.05, 0) is 29.8 Å². The van der Waals surface area contributed by atoms with Crippen LogP contribution in [-0.2, 0) is 0 Å². The van der Waals surface area contributed by atoms with Crippen LogP contribution in [0.5, 0.6) is 0 Å². The Morgan fingerprint density at radius 2 is 1.65 bits per heavy atom. The zero-order valence-electron chi connectivity index (χ0n) is 12.7. The van der Waals surface area contributed by atoms with Crippen molar-refractivity contribution >= 4 is 44.9 Å². The van der Waals surface area contributed by atoms with Crippen molar-refractivity contribution in [3.63, 3.8) is 0 Å². The van der Waals surface area contributed by atoms with Crippen LogP contribution < -0.4 is 5.73 Å². The van der Waals surface area contributed by atoms with Gasteiger partial charge in [-0.3, -0.25) is 0 Å². The fourth-order valence-electron chi connectivity index (χ4n) is 2.34. The summed E-state index contributed by atoms with van der Waals surface area (Å²) in [6, 6.07) is 22.3. The van der Waals surface area contributed by atoms with Gasteiger partial charge in [0, 0.05) is 10.5 Å². The van der Waals surface area contributed by atoms with Gasteiger partial charge in [-0.1, -0.05) is 84.1 Å². The summed E-state index contributed by atoms with van der Waals surface area (Å²) in [5, 5.41) is 2.22. The largest absolute Gasteiger partial charge is 0.383 e. The molecule has 0 heterocycles. The lowest BCUT2D eigenvalue weighted by Gasteiger charge is -2.06. The van der Waals surface area contributed by atoms with Crippen LogP contribution in [0.2, 0.25) is 0 Å². The summed E-state index contributed by atoms with van der Waals surface area (Å²) in [6.07, 6.45) is 0. The summed E-state index contributed by atoms with van der Waals surface area (Å²) < 4.78 is 0.513. The average molecular weight is 336 g/mol. The van der Waals surface area contributed by atoms with E-state index in [1.54, 1.807) is 0 Å². The first-order valence-electron chi connectivity index (χ1n) is 7.24. The molecule has 0 atom stereocenters. The number of aryl methyl sites for hydroxylation is 1. The molecule has 0 bridgehead atoms. The van der Waals surface area contributed by atoms with Crippen LogP contribution in [0.15, 0.2) is 76.6 Å². The van der Waals surface area contributed by atoms with Crippen molar-refractivity contribution in [2.45, 2.75) is 11.8 Å². The number of benzene rings is 3. The highest BCUT2D eigenvalue weighted by molar-refractivity contribution is 8.23. The van der Waals surface area contributed by atoms with Gasteiger partial charge in [-0.25, -0.2) is 4.99 Å². The molecule has 0 amide bonds. The van der Waals surface area contributed by atoms with E-state index in [2.05, 4.69) is 36.2 Å². The van der Waals surface area contributed by atoms with E-state index in [0.717, 1.165) is 21.2 Å². The second-order valence-electron chi connectivity index (χ2n) is 5.20.